The fourth-order valence-electron chi connectivity index (χ4n) is 3.81. The molecular formula is C20H22N4O4S. The van der Waals surface area contributed by atoms with Gasteiger partial charge in [0, 0.05) is 18.0 Å². The third-order valence-electron chi connectivity index (χ3n) is 5.39. The maximum Gasteiger partial charge on any atom is 0.287 e. The van der Waals surface area contributed by atoms with Crippen LogP contribution in [0.4, 0.5) is 5.69 Å². The molecule has 152 valence electrons. The Morgan fingerprint density at radius 1 is 1.17 bits per heavy atom. The lowest BCUT2D eigenvalue weighted by molar-refractivity contribution is -0.382. The number of non-ortho nitro benzene ring substituents is 1. The van der Waals surface area contributed by atoms with Crippen LogP contribution in [0, 0.1) is 10.1 Å². The normalized spacial score (nSPS) is 11.9. The van der Waals surface area contributed by atoms with E-state index in [-0.39, 0.29) is 16.0 Å². The molecule has 2 aromatic heterocycles. The third kappa shape index (κ3) is 3.06. The summed E-state index contributed by atoms with van der Waals surface area (Å²) in [6.45, 7) is 7.64. The van der Waals surface area contributed by atoms with Crippen molar-refractivity contribution in [3.8, 4) is 5.75 Å². The number of likely N-dealkylation sites (N-methyl/N-ethyl adjacent to an activating group) is 1. The number of methoxy groups -OCH3 is 1. The summed E-state index contributed by atoms with van der Waals surface area (Å²) >= 11 is 1.23. The van der Waals surface area contributed by atoms with Gasteiger partial charge in [0.2, 0.25) is 0 Å². The zero-order chi connectivity index (χ0) is 20.7. The largest absolute Gasteiger partial charge is 0.495 e. The third-order valence-corrected chi connectivity index (χ3v) is 6.62. The number of benzene rings is 2. The van der Waals surface area contributed by atoms with Crippen molar-refractivity contribution in [1.82, 2.24) is 14.7 Å². The van der Waals surface area contributed by atoms with Crippen molar-refractivity contribution in [2.45, 2.75) is 20.4 Å². The minimum absolute atomic E-state index is 0.0302. The highest BCUT2D eigenvalue weighted by atomic mass is 32.1. The van der Waals surface area contributed by atoms with Gasteiger partial charge in [0.15, 0.2) is 5.43 Å². The summed E-state index contributed by atoms with van der Waals surface area (Å²) < 4.78 is 8.56. The van der Waals surface area contributed by atoms with E-state index in [1.54, 1.807) is 12.1 Å². The highest BCUT2D eigenvalue weighted by Crippen LogP contribution is 2.42. The minimum atomic E-state index is -0.378. The van der Waals surface area contributed by atoms with Gasteiger partial charge < -0.3 is 9.64 Å². The van der Waals surface area contributed by atoms with E-state index >= 15 is 0 Å². The quantitative estimate of drug-likeness (QED) is 0.281. The second-order valence-corrected chi connectivity index (χ2v) is 7.82. The summed E-state index contributed by atoms with van der Waals surface area (Å²) in [5, 5.41) is 16.2. The molecule has 29 heavy (non-hydrogen) atoms. The zero-order valence-corrected chi connectivity index (χ0v) is 17.3. The molecule has 0 bridgehead atoms. The molecular weight excluding hydrogens is 392 g/mol. The number of aromatic nitrogens is 2. The van der Waals surface area contributed by atoms with Crippen LogP contribution in [-0.4, -0.2) is 46.3 Å². The Morgan fingerprint density at radius 3 is 2.59 bits per heavy atom. The maximum atomic E-state index is 12.7. The van der Waals surface area contributed by atoms with Crippen molar-refractivity contribution in [3.63, 3.8) is 0 Å². The monoisotopic (exact) mass is 414 g/mol. The molecule has 0 aliphatic rings. The number of aromatic amines is 1. The van der Waals surface area contributed by atoms with Gasteiger partial charge in [-0.1, -0.05) is 13.8 Å². The number of nitro groups is 1. The molecule has 0 unspecified atom stereocenters. The van der Waals surface area contributed by atoms with Gasteiger partial charge in [-0.15, -0.1) is 11.3 Å². The number of ether oxygens (including phenoxy) is 1. The minimum Gasteiger partial charge on any atom is -0.495 e. The molecule has 0 saturated heterocycles. The summed E-state index contributed by atoms with van der Waals surface area (Å²) in [5.41, 5.74) is 1.37. The molecule has 8 nitrogen and oxygen atoms in total. The summed E-state index contributed by atoms with van der Waals surface area (Å²) in [5.74, 6) is 0.533. The van der Waals surface area contributed by atoms with Gasteiger partial charge in [-0.2, -0.15) is 0 Å². The molecule has 4 rings (SSSR count). The van der Waals surface area contributed by atoms with Crippen LogP contribution in [0.25, 0.3) is 31.2 Å². The fourth-order valence-corrected chi connectivity index (χ4v) is 5.13. The van der Waals surface area contributed by atoms with Gasteiger partial charge in [-0.05, 0) is 31.3 Å². The SMILES string of the molecule is CCN(CC)CCn1[nH]c2c3c(=O)ccc(OC)c3sc3c([N+](=O)[O-])ccc1c32. The summed E-state index contributed by atoms with van der Waals surface area (Å²) in [7, 11) is 1.53. The maximum absolute atomic E-state index is 12.7. The summed E-state index contributed by atoms with van der Waals surface area (Å²) in [6.07, 6.45) is 0. The first-order valence-electron chi connectivity index (χ1n) is 9.51. The van der Waals surface area contributed by atoms with Crippen molar-refractivity contribution in [2.24, 2.45) is 0 Å². The van der Waals surface area contributed by atoms with E-state index in [1.165, 1.54) is 30.6 Å². The highest BCUT2D eigenvalue weighted by Gasteiger charge is 2.23. The lowest BCUT2D eigenvalue weighted by atomic mass is 10.1. The first kappa shape index (κ1) is 19.4. The van der Waals surface area contributed by atoms with Gasteiger partial charge >= 0.3 is 0 Å². The molecule has 0 amide bonds. The summed E-state index contributed by atoms with van der Waals surface area (Å²) in [6, 6.07) is 6.39. The smallest absolute Gasteiger partial charge is 0.287 e. The Bertz CT molecular complexity index is 1280. The second-order valence-electron chi connectivity index (χ2n) is 6.80. The molecule has 0 spiro atoms. The van der Waals surface area contributed by atoms with Gasteiger partial charge in [-0.25, -0.2) is 0 Å². The van der Waals surface area contributed by atoms with Crippen LogP contribution in [0.5, 0.6) is 5.75 Å². The van der Waals surface area contributed by atoms with E-state index < -0.39 is 0 Å². The van der Waals surface area contributed by atoms with E-state index in [0.717, 1.165) is 30.5 Å². The Kier molecular flexibility index (Phi) is 5.01. The predicted molar refractivity (Wildman–Crippen MR) is 116 cm³/mol. The lowest BCUT2D eigenvalue weighted by Crippen LogP contribution is -2.27. The van der Waals surface area contributed by atoms with Gasteiger partial charge in [0.05, 0.1) is 39.7 Å². The van der Waals surface area contributed by atoms with E-state index in [0.29, 0.717) is 32.6 Å². The van der Waals surface area contributed by atoms with Crippen molar-refractivity contribution >= 4 is 48.2 Å². The Hall–Kier alpha value is -2.91. The van der Waals surface area contributed by atoms with E-state index in [2.05, 4.69) is 23.8 Å². The van der Waals surface area contributed by atoms with Crippen LogP contribution < -0.4 is 10.2 Å². The van der Waals surface area contributed by atoms with Gasteiger partial charge in [0.1, 0.15) is 10.4 Å². The topological polar surface area (TPSA) is 93.4 Å². The van der Waals surface area contributed by atoms with Crippen molar-refractivity contribution in [3.05, 3.63) is 44.6 Å². The molecule has 0 aliphatic heterocycles. The van der Waals surface area contributed by atoms with Crippen LogP contribution >= 0.6 is 11.3 Å². The van der Waals surface area contributed by atoms with Crippen molar-refractivity contribution in [1.29, 1.82) is 0 Å². The molecule has 0 aliphatic carbocycles. The van der Waals surface area contributed by atoms with Crippen molar-refractivity contribution in [2.75, 3.05) is 26.7 Å². The molecule has 0 saturated carbocycles. The van der Waals surface area contributed by atoms with Gasteiger partial charge in [-0.3, -0.25) is 24.7 Å². The Balaban J connectivity index is 2.07. The standard InChI is InChI=1S/C20H22N4O4S/c1-4-22(5-2)10-11-23-12-6-7-13(24(26)27)19-16(12)18(21-23)17-14(25)8-9-15(28-3)20(17)29-19/h6-9,21H,4-5,10-11H2,1-3H3. The predicted octanol–water partition coefficient (Wildman–Crippen LogP) is 3.96. The highest BCUT2D eigenvalue weighted by molar-refractivity contribution is 7.25. The second kappa shape index (κ2) is 7.49. The Morgan fingerprint density at radius 2 is 1.93 bits per heavy atom. The first-order chi connectivity index (χ1) is 14.0. The van der Waals surface area contributed by atoms with Crippen LogP contribution in [0.1, 0.15) is 13.8 Å². The van der Waals surface area contributed by atoms with Gasteiger partial charge in [0.25, 0.3) is 5.69 Å². The number of nitrogens with one attached hydrogen (secondary N) is 1. The van der Waals surface area contributed by atoms with Crippen LogP contribution in [-0.2, 0) is 6.54 Å². The molecule has 1 N–H and O–H groups in total. The van der Waals surface area contributed by atoms with E-state index in [4.69, 9.17) is 4.74 Å². The number of fused-ring (bicyclic) bond motifs is 2. The Labute approximate surface area is 170 Å². The number of nitrogens with zero attached hydrogens (tertiary/aromatic N) is 3. The number of H-pyrrole nitrogens is 1. The van der Waals surface area contributed by atoms with E-state index in [1.807, 2.05) is 4.68 Å². The molecule has 9 heteroatoms. The average Bonchev–Trinajstić information content (AvgIpc) is 3.08. The molecule has 2 aromatic carbocycles. The number of nitro benzene ring substituents is 1. The molecule has 0 fully saturated rings. The average molecular weight is 414 g/mol. The number of hydrogen-bond donors (Lipinski definition) is 1. The van der Waals surface area contributed by atoms with Crippen LogP contribution in [0.3, 0.4) is 0 Å². The number of rotatable bonds is 7. The van der Waals surface area contributed by atoms with Crippen LogP contribution in [0.15, 0.2) is 29.1 Å². The van der Waals surface area contributed by atoms with E-state index in [9.17, 15) is 14.9 Å². The summed E-state index contributed by atoms with van der Waals surface area (Å²) in [4.78, 5) is 26.3. The lowest BCUT2D eigenvalue weighted by Gasteiger charge is -2.18. The van der Waals surface area contributed by atoms with Crippen LogP contribution in [0.2, 0.25) is 0 Å². The molecule has 4 aromatic rings. The van der Waals surface area contributed by atoms with Crippen molar-refractivity contribution < 1.29 is 9.66 Å². The zero-order valence-electron chi connectivity index (χ0n) is 16.5. The molecule has 0 atom stereocenters. The fraction of sp³-hybridized carbons (Fsp3) is 0.350. The molecule has 2 heterocycles. The number of hydrogen-bond acceptors (Lipinski definition) is 6. The molecule has 0 radical (unpaired) electrons. The first-order valence-corrected chi connectivity index (χ1v) is 10.3.